The van der Waals surface area contributed by atoms with E-state index in [-0.39, 0.29) is 11.2 Å². The Morgan fingerprint density at radius 2 is 2.14 bits per heavy atom. The van der Waals surface area contributed by atoms with E-state index in [1.165, 1.54) is 0 Å². The predicted octanol–water partition coefficient (Wildman–Crippen LogP) is 2.89. The van der Waals surface area contributed by atoms with E-state index in [1.807, 2.05) is 12.3 Å². The first kappa shape index (κ1) is 9.84. The van der Waals surface area contributed by atoms with Crippen LogP contribution in [0.4, 0.5) is 0 Å². The van der Waals surface area contributed by atoms with Gasteiger partial charge in [0.2, 0.25) is 0 Å². The average Bonchev–Trinajstić information content (AvgIpc) is 2.45. The van der Waals surface area contributed by atoms with E-state index in [2.05, 4.69) is 18.8 Å². The Morgan fingerprint density at radius 1 is 1.43 bits per heavy atom. The minimum absolute atomic E-state index is 0.116. The average molecular weight is 209 g/mol. The van der Waals surface area contributed by atoms with E-state index in [1.54, 1.807) is 11.8 Å². The number of rotatable bonds is 1. The van der Waals surface area contributed by atoms with Crippen molar-refractivity contribution in [1.29, 1.82) is 0 Å². The van der Waals surface area contributed by atoms with Crippen LogP contribution < -0.4 is 0 Å². The van der Waals surface area contributed by atoms with E-state index in [9.17, 15) is 4.79 Å². The van der Waals surface area contributed by atoms with Gasteiger partial charge in [-0.15, -0.1) is 11.8 Å². The first-order valence-electron chi connectivity index (χ1n) is 4.81. The van der Waals surface area contributed by atoms with Crippen molar-refractivity contribution < 1.29 is 4.79 Å². The molecule has 76 valence electrons. The number of Topliss-reactive ketones (excluding diaryl/α,β-unsaturated/α-hetero) is 1. The summed E-state index contributed by atoms with van der Waals surface area (Å²) in [6.07, 6.45) is 3.67. The summed E-state index contributed by atoms with van der Waals surface area (Å²) >= 11 is 1.66. The number of carbonyl (C=O) groups excluding carboxylic acids is 1. The van der Waals surface area contributed by atoms with Crippen molar-refractivity contribution in [3.63, 3.8) is 0 Å². The summed E-state index contributed by atoms with van der Waals surface area (Å²) < 4.78 is 0. The highest BCUT2D eigenvalue weighted by Gasteiger charge is 2.32. The number of aromatic nitrogens is 1. The lowest BCUT2D eigenvalue weighted by molar-refractivity contribution is 0.0912. The van der Waals surface area contributed by atoms with E-state index in [0.717, 1.165) is 22.7 Å². The van der Waals surface area contributed by atoms with Crippen molar-refractivity contribution in [2.45, 2.75) is 31.7 Å². The van der Waals surface area contributed by atoms with Gasteiger partial charge in [0.1, 0.15) is 0 Å². The Morgan fingerprint density at radius 3 is 2.79 bits per heavy atom. The zero-order valence-corrected chi connectivity index (χ0v) is 9.62. The number of nitrogens with one attached hydrogen (secondary N) is 1. The molecule has 14 heavy (non-hydrogen) atoms. The molecule has 0 unspecified atom stereocenters. The predicted molar refractivity (Wildman–Crippen MR) is 59.0 cm³/mol. The van der Waals surface area contributed by atoms with Gasteiger partial charge in [0.25, 0.3) is 0 Å². The molecule has 0 aromatic carbocycles. The minimum Gasteiger partial charge on any atom is -0.353 e. The van der Waals surface area contributed by atoms with Gasteiger partial charge in [0.15, 0.2) is 5.78 Å². The third-order valence-electron chi connectivity index (χ3n) is 2.69. The third kappa shape index (κ3) is 1.61. The molecular weight excluding hydrogens is 194 g/mol. The summed E-state index contributed by atoms with van der Waals surface area (Å²) in [7, 11) is 0. The minimum atomic E-state index is 0.116. The highest BCUT2D eigenvalue weighted by molar-refractivity contribution is 7.98. The highest BCUT2D eigenvalue weighted by Crippen LogP contribution is 2.35. The number of thioether (sulfide) groups is 1. The van der Waals surface area contributed by atoms with E-state index in [0.29, 0.717) is 6.42 Å². The molecular formula is C11H15NOS. The molecule has 1 heterocycles. The van der Waals surface area contributed by atoms with Gasteiger partial charge in [0.05, 0.1) is 5.03 Å². The largest absolute Gasteiger partial charge is 0.353 e. The smallest absolute Gasteiger partial charge is 0.165 e. The van der Waals surface area contributed by atoms with Crippen molar-refractivity contribution in [2.24, 2.45) is 5.41 Å². The molecule has 1 aliphatic carbocycles. The molecule has 2 rings (SSSR count). The van der Waals surface area contributed by atoms with Crippen LogP contribution in [0.15, 0.2) is 11.1 Å². The fourth-order valence-corrected chi connectivity index (χ4v) is 2.50. The Balaban J connectivity index is 2.43. The molecule has 2 nitrogen and oxygen atoms in total. The second-order valence-corrected chi connectivity index (χ2v) is 5.52. The molecule has 0 fully saturated rings. The second kappa shape index (κ2) is 3.16. The molecule has 1 aromatic rings. The maximum atomic E-state index is 11.8. The summed E-state index contributed by atoms with van der Waals surface area (Å²) in [6.45, 7) is 4.29. The van der Waals surface area contributed by atoms with E-state index in [4.69, 9.17) is 0 Å². The normalized spacial score (nSPS) is 19.5. The molecule has 1 N–H and O–H groups in total. The molecule has 0 bridgehead atoms. The van der Waals surface area contributed by atoms with Gasteiger partial charge in [-0.2, -0.15) is 0 Å². The standard InChI is InChI=1S/C11H15NOS/c1-11(2)5-8-7(9(13)6-11)4-10(12-8)14-3/h4,12H,5-6H2,1-3H3. The van der Waals surface area contributed by atoms with Crippen molar-refractivity contribution >= 4 is 17.5 Å². The van der Waals surface area contributed by atoms with Crippen LogP contribution in [0.2, 0.25) is 0 Å². The van der Waals surface area contributed by atoms with Crippen molar-refractivity contribution in [1.82, 2.24) is 4.98 Å². The third-order valence-corrected chi connectivity index (χ3v) is 3.35. The zero-order valence-electron chi connectivity index (χ0n) is 8.81. The van der Waals surface area contributed by atoms with Gasteiger partial charge >= 0.3 is 0 Å². The molecule has 0 atom stereocenters. The zero-order chi connectivity index (χ0) is 10.3. The van der Waals surface area contributed by atoms with Crippen LogP contribution in [0.5, 0.6) is 0 Å². The lowest BCUT2D eigenvalue weighted by Crippen LogP contribution is -2.26. The van der Waals surface area contributed by atoms with Crippen LogP contribution in [0.3, 0.4) is 0 Å². The number of hydrogen-bond acceptors (Lipinski definition) is 2. The van der Waals surface area contributed by atoms with Crippen molar-refractivity contribution in [3.8, 4) is 0 Å². The van der Waals surface area contributed by atoms with Crippen molar-refractivity contribution in [2.75, 3.05) is 6.26 Å². The van der Waals surface area contributed by atoms with Crippen LogP contribution in [0.25, 0.3) is 0 Å². The molecule has 0 amide bonds. The first-order valence-corrected chi connectivity index (χ1v) is 6.03. The van der Waals surface area contributed by atoms with Crippen LogP contribution >= 0.6 is 11.8 Å². The maximum absolute atomic E-state index is 11.8. The lowest BCUT2D eigenvalue weighted by Gasteiger charge is -2.27. The van der Waals surface area contributed by atoms with E-state index < -0.39 is 0 Å². The lowest BCUT2D eigenvalue weighted by atomic mass is 9.76. The SMILES string of the molecule is CSc1cc2c([nH]1)CC(C)(C)CC2=O. The van der Waals surface area contributed by atoms with E-state index >= 15 is 0 Å². The molecule has 0 spiro atoms. The second-order valence-electron chi connectivity index (χ2n) is 4.67. The van der Waals surface area contributed by atoms with Gasteiger partial charge in [-0.1, -0.05) is 13.8 Å². The molecule has 0 aliphatic heterocycles. The molecule has 0 radical (unpaired) electrons. The quantitative estimate of drug-likeness (QED) is 0.721. The number of ketones is 1. The van der Waals surface area contributed by atoms with Crippen LogP contribution in [-0.2, 0) is 6.42 Å². The summed E-state index contributed by atoms with van der Waals surface area (Å²) in [6, 6.07) is 1.98. The summed E-state index contributed by atoms with van der Waals surface area (Å²) in [5.74, 6) is 0.285. The molecule has 1 aliphatic rings. The van der Waals surface area contributed by atoms with Gasteiger partial charge < -0.3 is 4.98 Å². The Bertz CT molecular complexity index is 379. The van der Waals surface area contributed by atoms with Crippen molar-refractivity contribution in [3.05, 3.63) is 17.3 Å². The number of H-pyrrole nitrogens is 1. The van der Waals surface area contributed by atoms with Gasteiger partial charge in [-0.05, 0) is 24.2 Å². The summed E-state index contributed by atoms with van der Waals surface area (Å²) in [5.41, 5.74) is 2.15. The molecule has 1 aromatic heterocycles. The maximum Gasteiger partial charge on any atom is 0.165 e. The van der Waals surface area contributed by atoms with Gasteiger partial charge in [0, 0.05) is 17.7 Å². The Labute approximate surface area is 88.5 Å². The van der Waals surface area contributed by atoms with Gasteiger partial charge in [-0.25, -0.2) is 0 Å². The summed E-state index contributed by atoms with van der Waals surface area (Å²) in [5, 5.41) is 1.10. The summed E-state index contributed by atoms with van der Waals surface area (Å²) in [4.78, 5) is 15.1. The number of aromatic amines is 1. The van der Waals surface area contributed by atoms with Crippen LogP contribution in [0.1, 0.15) is 36.3 Å². The number of hydrogen-bond donors (Lipinski definition) is 1. The van der Waals surface area contributed by atoms with Crippen LogP contribution in [0, 0.1) is 5.41 Å². The highest BCUT2D eigenvalue weighted by atomic mass is 32.2. The van der Waals surface area contributed by atoms with Gasteiger partial charge in [-0.3, -0.25) is 4.79 Å². The number of carbonyl (C=O) groups is 1. The molecule has 0 saturated heterocycles. The molecule has 0 saturated carbocycles. The monoisotopic (exact) mass is 209 g/mol. The van der Waals surface area contributed by atoms with Crippen LogP contribution in [-0.4, -0.2) is 17.0 Å². The number of fused-ring (bicyclic) bond motifs is 1. The Hall–Kier alpha value is -0.700. The molecule has 3 heteroatoms. The first-order chi connectivity index (χ1) is 6.52. The Kier molecular flexibility index (Phi) is 2.22. The fourth-order valence-electron chi connectivity index (χ4n) is 2.04. The fraction of sp³-hybridized carbons (Fsp3) is 0.545. The topological polar surface area (TPSA) is 32.9 Å².